The molecule has 2 atom stereocenters. The molecule has 110 valence electrons. The van der Waals surface area contributed by atoms with Crippen LogP contribution in [0, 0.1) is 11.8 Å². The van der Waals surface area contributed by atoms with Crippen LogP contribution < -0.4 is 5.32 Å². The first kappa shape index (κ1) is 16.5. The van der Waals surface area contributed by atoms with Crippen molar-refractivity contribution in [2.45, 2.75) is 54.0 Å². The summed E-state index contributed by atoms with van der Waals surface area (Å²) in [5, 5.41) is 8.89. The first-order chi connectivity index (χ1) is 9.04. The third kappa shape index (κ3) is 4.22. The molecule has 1 aromatic rings. The van der Waals surface area contributed by atoms with Gasteiger partial charge in [-0.3, -0.25) is 4.68 Å². The van der Waals surface area contributed by atoms with E-state index in [1.54, 1.807) is 0 Å². The lowest BCUT2D eigenvalue weighted by Gasteiger charge is -2.20. The zero-order chi connectivity index (χ0) is 14.4. The maximum Gasteiger partial charge on any atom is 0.0849 e. The molecule has 3 nitrogen and oxygen atoms in total. The minimum absolute atomic E-state index is 0.600. The van der Waals surface area contributed by atoms with Crippen LogP contribution in [0.15, 0.2) is 0 Å². The van der Waals surface area contributed by atoms with Gasteiger partial charge in [-0.2, -0.15) is 5.10 Å². The minimum atomic E-state index is 0.600. The first-order valence-electron chi connectivity index (χ1n) is 7.49. The zero-order valence-electron chi connectivity index (χ0n) is 13.0. The summed E-state index contributed by atoms with van der Waals surface area (Å²) in [6, 6.07) is 0. The van der Waals surface area contributed by atoms with Gasteiger partial charge < -0.3 is 5.32 Å². The van der Waals surface area contributed by atoms with Gasteiger partial charge in [0.25, 0.3) is 0 Å². The number of aromatic nitrogens is 2. The number of hydrogen-bond acceptors (Lipinski definition) is 2. The van der Waals surface area contributed by atoms with E-state index in [1.165, 1.54) is 5.69 Å². The smallest absolute Gasteiger partial charge is 0.0849 e. The van der Waals surface area contributed by atoms with Crippen LogP contribution in [0.4, 0.5) is 0 Å². The van der Waals surface area contributed by atoms with Crippen molar-refractivity contribution in [3.8, 4) is 0 Å². The number of nitrogens with one attached hydrogen (secondary N) is 1. The molecule has 0 fully saturated rings. The van der Waals surface area contributed by atoms with Crippen LogP contribution in [0.3, 0.4) is 0 Å². The lowest BCUT2D eigenvalue weighted by molar-refractivity contribution is 0.360. The lowest BCUT2D eigenvalue weighted by Crippen LogP contribution is -2.26. The highest BCUT2D eigenvalue weighted by molar-refractivity contribution is 6.31. The second-order valence-electron chi connectivity index (χ2n) is 5.34. The van der Waals surface area contributed by atoms with Gasteiger partial charge in [-0.05, 0) is 44.7 Å². The molecular formula is C15H28ClN3. The molecule has 0 spiro atoms. The van der Waals surface area contributed by atoms with Crippen molar-refractivity contribution < 1.29 is 0 Å². The average Bonchev–Trinajstić information content (AvgIpc) is 2.72. The molecule has 0 saturated heterocycles. The quantitative estimate of drug-likeness (QED) is 0.792. The van der Waals surface area contributed by atoms with Crippen molar-refractivity contribution in [3.63, 3.8) is 0 Å². The standard InChI is InChI=1S/C15H28ClN3/c1-6-13-15(16)14(19(8-3)18-13)9-11(4)12(5)10-17-7-2/h11-12,17H,6-10H2,1-5H3. The van der Waals surface area contributed by atoms with Crippen LogP contribution in [-0.4, -0.2) is 22.9 Å². The molecule has 2 unspecified atom stereocenters. The van der Waals surface area contributed by atoms with Crippen LogP contribution in [0.2, 0.25) is 5.02 Å². The maximum atomic E-state index is 6.46. The van der Waals surface area contributed by atoms with Gasteiger partial charge in [0, 0.05) is 6.54 Å². The van der Waals surface area contributed by atoms with E-state index in [-0.39, 0.29) is 0 Å². The van der Waals surface area contributed by atoms with Gasteiger partial charge in [0.15, 0.2) is 0 Å². The average molecular weight is 286 g/mol. The van der Waals surface area contributed by atoms with Crippen LogP contribution in [0.5, 0.6) is 0 Å². The monoisotopic (exact) mass is 285 g/mol. The maximum absolute atomic E-state index is 6.46. The van der Waals surface area contributed by atoms with Crippen LogP contribution in [0.25, 0.3) is 0 Å². The molecule has 1 aromatic heterocycles. The summed E-state index contributed by atoms with van der Waals surface area (Å²) in [5.74, 6) is 1.24. The van der Waals surface area contributed by atoms with Crippen molar-refractivity contribution >= 4 is 11.6 Å². The van der Waals surface area contributed by atoms with Gasteiger partial charge in [0.2, 0.25) is 0 Å². The SMILES string of the molecule is CCNCC(C)C(C)Cc1c(Cl)c(CC)nn1CC. The molecular weight excluding hydrogens is 258 g/mol. The van der Waals surface area contributed by atoms with Gasteiger partial charge in [0.05, 0.1) is 16.4 Å². The highest BCUT2D eigenvalue weighted by Gasteiger charge is 2.19. The van der Waals surface area contributed by atoms with Gasteiger partial charge in [-0.15, -0.1) is 0 Å². The summed E-state index contributed by atoms with van der Waals surface area (Å²) in [7, 11) is 0. The Morgan fingerprint density at radius 1 is 1.21 bits per heavy atom. The molecule has 0 saturated carbocycles. The molecule has 0 aliphatic rings. The van der Waals surface area contributed by atoms with E-state index < -0.39 is 0 Å². The minimum Gasteiger partial charge on any atom is -0.317 e. The Morgan fingerprint density at radius 3 is 2.42 bits per heavy atom. The van der Waals surface area contributed by atoms with Gasteiger partial charge in [-0.1, -0.05) is 39.3 Å². The van der Waals surface area contributed by atoms with E-state index in [0.717, 1.165) is 43.2 Å². The number of halogens is 1. The Labute approximate surface area is 122 Å². The molecule has 1 N–H and O–H groups in total. The van der Waals surface area contributed by atoms with Crippen molar-refractivity contribution in [1.29, 1.82) is 0 Å². The topological polar surface area (TPSA) is 29.9 Å². The Bertz CT molecular complexity index is 387. The highest BCUT2D eigenvalue weighted by atomic mass is 35.5. The predicted octanol–water partition coefficient (Wildman–Crippen LogP) is 3.54. The van der Waals surface area contributed by atoms with Crippen molar-refractivity contribution in [1.82, 2.24) is 15.1 Å². The summed E-state index contributed by atoms with van der Waals surface area (Å²) < 4.78 is 2.07. The molecule has 4 heteroatoms. The van der Waals surface area contributed by atoms with Gasteiger partial charge in [-0.25, -0.2) is 0 Å². The van der Waals surface area contributed by atoms with E-state index in [4.69, 9.17) is 11.6 Å². The van der Waals surface area contributed by atoms with Crippen LogP contribution >= 0.6 is 11.6 Å². The van der Waals surface area contributed by atoms with E-state index >= 15 is 0 Å². The van der Waals surface area contributed by atoms with Crippen LogP contribution in [0.1, 0.15) is 46.0 Å². The highest BCUT2D eigenvalue weighted by Crippen LogP contribution is 2.26. The summed E-state index contributed by atoms with van der Waals surface area (Å²) in [6.45, 7) is 14.0. The van der Waals surface area contributed by atoms with Crippen molar-refractivity contribution in [3.05, 3.63) is 16.4 Å². The molecule has 0 aliphatic heterocycles. The molecule has 1 rings (SSSR count). The predicted molar refractivity (Wildman–Crippen MR) is 82.9 cm³/mol. The fourth-order valence-electron chi connectivity index (χ4n) is 2.29. The lowest BCUT2D eigenvalue weighted by atomic mass is 9.91. The van der Waals surface area contributed by atoms with Crippen molar-refractivity contribution in [2.75, 3.05) is 13.1 Å². The number of rotatable bonds is 8. The molecule has 0 radical (unpaired) electrons. The Balaban J connectivity index is 2.77. The Kier molecular flexibility index (Phi) is 6.87. The largest absolute Gasteiger partial charge is 0.317 e. The molecule has 0 aliphatic carbocycles. The fourth-order valence-corrected chi connectivity index (χ4v) is 2.64. The Hall–Kier alpha value is -0.540. The summed E-state index contributed by atoms with van der Waals surface area (Å²) in [6.07, 6.45) is 1.91. The second kappa shape index (κ2) is 7.91. The zero-order valence-corrected chi connectivity index (χ0v) is 13.7. The molecule has 19 heavy (non-hydrogen) atoms. The molecule has 1 heterocycles. The summed E-state index contributed by atoms with van der Waals surface area (Å²) in [5.41, 5.74) is 2.24. The van der Waals surface area contributed by atoms with E-state index in [9.17, 15) is 0 Å². The number of aryl methyl sites for hydroxylation is 2. The van der Waals surface area contributed by atoms with E-state index in [0.29, 0.717) is 11.8 Å². The second-order valence-corrected chi connectivity index (χ2v) is 5.72. The third-order valence-corrected chi connectivity index (χ3v) is 4.33. The first-order valence-corrected chi connectivity index (χ1v) is 7.87. The van der Waals surface area contributed by atoms with Gasteiger partial charge >= 0.3 is 0 Å². The summed E-state index contributed by atoms with van der Waals surface area (Å²) in [4.78, 5) is 0. The third-order valence-electron chi connectivity index (χ3n) is 3.90. The fraction of sp³-hybridized carbons (Fsp3) is 0.800. The van der Waals surface area contributed by atoms with Crippen LogP contribution in [-0.2, 0) is 19.4 Å². The summed E-state index contributed by atoms with van der Waals surface area (Å²) >= 11 is 6.46. The van der Waals surface area contributed by atoms with Crippen molar-refractivity contribution in [2.24, 2.45) is 11.8 Å². The van der Waals surface area contributed by atoms with Gasteiger partial charge in [0.1, 0.15) is 0 Å². The Morgan fingerprint density at radius 2 is 1.89 bits per heavy atom. The number of hydrogen-bond donors (Lipinski definition) is 1. The molecule has 0 aromatic carbocycles. The van der Waals surface area contributed by atoms with E-state index in [1.807, 2.05) is 0 Å². The number of nitrogens with zero attached hydrogens (tertiary/aromatic N) is 2. The normalized spacial score (nSPS) is 14.6. The molecule has 0 bridgehead atoms. The molecule has 0 amide bonds. The van der Waals surface area contributed by atoms with E-state index in [2.05, 4.69) is 49.7 Å².